The summed E-state index contributed by atoms with van der Waals surface area (Å²) in [5.41, 5.74) is 0.284. The minimum Gasteiger partial charge on any atom is -0.372 e. The van der Waals surface area contributed by atoms with E-state index in [0.717, 1.165) is 6.61 Å². The van der Waals surface area contributed by atoms with Gasteiger partial charge in [0.2, 0.25) is 0 Å². The molecular weight excluding hydrogens is 206 g/mol. The molecule has 0 amide bonds. The molecule has 3 aliphatic rings. The van der Waals surface area contributed by atoms with E-state index in [4.69, 9.17) is 4.74 Å². The zero-order chi connectivity index (χ0) is 10.4. The molecule has 0 aromatic heterocycles. The molecule has 3 heteroatoms. The van der Waals surface area contributed by atoms with Gasteiger partial charge in [0.25, 0.3) is 0 Å². The summed E-state index contributed by atoms with van der Waals surface area (Å²) < 4.78 is 6.59. The van der Waals surface area contributed by atoms with Crippen molar-refractivity contribution in [1.82, 2.24) is 4.90 Å². The van der Waals surface area contributed by atoms with Crippen molar-refractivity contribution in [2.75, 3.05) is 32.5 Å². The number of nitrogens with zero attached hydrogens (tertiary/aromatic N) is 1. The van der Waals surface area contributed by atoms with Crippen LogP contribution in [0.2, 0.25) is 0 Å². The lowest BCUT2D eigenvalue weighted by molar-refractivity contribution is -0.165. The van der Waals surface area contributed by atoms with Gasteiger partial charge in [-0.25, -0.2) is 0 Å². The van der Waals surface area contributed by atoms with E-state index in [1.54, 1.807) is 0 Å². The Bertz CT molecular complexity index is 238. The van der Waals surface area contributed by atoms with Crippen molar-refractivity contribution < 1.29 is 4.74 Å². The van der Waals surface area contributed by atoms with Gasteiger partial charge in [-0.1, -0.05) is 0 Å². The first-order chi connectivity index (χ1) is 7.26. The topological polar surface area (TPSA) is 12.5 Å². The van der Waals surface area contributed by atoms with Gasteiger partial charge < -0.3 is 4.74 Å². The van der Waals surface area contributed by atoms with Crippen molar-refractivity contribution in [2.45, 2.75) is 42.5 Å². The molecule has 2 heterocycles. The molecule has 0 N–H and O–H groups in total. The lowest BCUT2D eigenvalue weighted by atomic mass is 9.86. The van der Waals surface area contributed by atoms with Crippen LogP contribution in [0.15, 0.2) is 0 Å². The van der Waals surface area contributed by atoms with Crippen molar-refractivity contribution in [3.8, 4) is 0 Å². The molecule has 0 aromatic carbocycles. The molecule has 0 radical (unpaired) electrons. The average Bonchev–Trinajstić information content (AvgIpc) is 2.98. The van der Waals surface area contributed by atoms with Gasteiger partial charge in [0.05, 0.1) is 5.60 Å². The fourth-order valence-corrected chi connectivity index (χ4v) is 3.84. The monoisotopic (exact) mass is 227 g/mol. The van der Waals surface area contributed by atoms with Gasteiger partial charge in [-0.15, -0.1) is 0 Å². The molecule has 2 aliphatic heterocycles. The molecule has 0 bridgehead atoms. The normalized spacial score (nSPS) is 32.6. The van der Waals surface area contributed by atoms with E-state index >= 15 is 0 Å². The van der Waals surface area contributed by atoms with Crippen LogP contribution in [0.1, 0.15) is 32.1 Å². The maximum Gasteiger partial charge on any atom is 0.0934 e. The predicted octanol–water partition coefficient (Wildman–Crippen LogP) is 2.14. The zero-order valence-electron chi connectivity index (χ0n) is 9.63. The highest BCUT2D eigenvalue weighted by Crippen LogP contribution is 2.49. The van der Waals surface area contributed by atoms with Crippen LogP contribution in [-0.2, 0) is 4.74 Å². The largest absolute Gasteiger partial charge is 0.372 e. The molecule has 3 rings (SSSR count). The molecule has 3 fully saturated rings. The highest BCUT2D eigenvalue weighted by Gasteiger charge is 2.50. The number of hydrogen-bond acceptors (Lipinski definition) is 3. The Balaban J connectivity index is 1.49. The minimum atomic E-state index is 0.284. The van der Waals surface area contributed by atoms with E-state index in [0.29, 0.717) is 4.75 Å². The minimum absolute atomic E-state index is 0.284. The molecular formula is C12H21NOS. The second-order valence-electron chi connectivity index (χ2n) is 5.52. The third-order valence-electron chi connectivity index (χ3n) is 4.21. The summed E-state index contributed by atoms with van der Waals surface area (Å²) in [7, 11) is 0. The summed E-state index contributed by atoms with van der Waals surface area (Å²) in [5.74, 6) is 0. The van der Waals surface area contributed by atoms with Crippen LogP contribution in [0.25, 0.3) is 0 Å². The molecule has 1 saturated carbocycles. The van der Waals surface area contributed by atoms with Gasteiger partial charge in [-0.05, 0) is 38.4 Å². The van der Waals surface area contributed by atoms with E-state index in [1.165, 1.54) is 51.7 Å². The first-order valence-electron chi connectivity index (χ1n) is 6.18. The van der Waals surface area contributed by atoms with Gasteiger partial charge in [0.15, 0.2) is 0 Å². The van der Waals surface area contributed by atoms with Crippen LogP contribution < -0.4 is 0 Å². The summed E-state index contributed by atoms with van der Waals surface area (Å²) in [4.78, 5) is 2.61. The number of hydrogen-bond donors (Lipinski definition) is 0. The van der Waals surface area contributed by atoms with Crippen LogP contribution in [-0.4, -0.2) is 47.7 Å². The molecule has 0 atom stereocenters. The van der Waals surface area contributed by atoms with Crippen LogP contribution >= 0.6 is 11.8 Å². The molecule has 15 heavy (non-hydrogen) atoms. The van der Waals surface area contributed by atoms with Crippen molar-refractivity contribution in [2.24, 2.45) is 0 Å². The van der Waals surface area contributed by atoms with E-state index in [-0.39, 0.29) is 5.60 Å². The van der Waals surface area contributed by atoms with Crippen LogP contribution in [0, 0.1) is 0 Å². The van der Waals surface area contributed by atoms with Crippen molar-refractivity contribution in [3.63, 3.8) is 0 Å². The van der Waals surface area contributed by atoms with Crippen LogP contribution in [0.4, 0.5) is 0 Å². The highest BCUT2D eigenvalue weighted by atomic mass is 32.2. The second kappa shape index (κ2) is 3.64. The number of likely N-dealkylation sites (tertiary alicyclic amines) is 1. The zero-order valence-corrected chi connectivity index (χ0v) is 10.4. The van der Waals surface area contributed by atoms with Crippen LogP contribution in [0.3, 0.4) is 0 Å². The van der Waals surface area contributed by atoms with Crippen LogP contribution in [0.5, 0.6) is 0 Å². The third kappa shape index (κ3) is 1.94. The third-order valence-corrected chi connectivity index (χ3v) is 5.61. The number of rotatable bonds is 3. The predicted molar refractivity (Wildman–Crippen MR) is 64.5 cm³/mol. The summed E-state index contributed by atoms with van der Waals surface area (Å²) in [6, 6.07) is 0. The smallest absolute Gasteiger partial charge is 0.0934 e. The highest BCUT2D eigenvalue weighted by molar-refractivity contribution is 8.00. The lowest BCUT2D eigenvalue weighted by Crippen LogP contribution is -2.65. The van der Waals surface area contributed by atoms with Gasteiger partial charge in [-0.3, -0.25) is 4.90 Å². The van der Waals surface area contributed by atoms with Gasteiger partial charge in [0.1, 0.15) is 0 Å². The molecule has 0 unspecified atom stereocenters. The Labute approximate surface area is 96.7 Å². The Morgan fingerprint density at radius 2 is 2.00 bits per heavy atom. The molecule has 2 saturated heterocycles. The maximum absolute atomic E-state index is 5.95. The number of ether oxygens (including phenoxy) is 1. The molecule has 1 spiro atoms. The van der Waals surface area contributed by atoms with E-state index in [1.807, 2.05) is 0 Å². The fraction of sp³-hybridized carbons (Fsp3) is 1.00. The van der Waals surface area contributed by atoms with E-state index < -0.39 is 0 Å². The summed E-state index contributed by atoms with van der Waals surface area (Å²) in [6.45, 7) is 4.71. The van der Waals surface area contributed by atoms with Crippen molar-refractivity contribution in [3.05, 3.63) is 0 Å². The summed E-state index contributed by atoms with van der Waals surface area (Å²) in [6.07, 6.45) is 9.07. The fourth-order valence-electron chi connectivity index (χ4n) is 3.01. The Kier molecular flexibility index (Phi) is 2.53. The second-order valence-corrected chi connectivity index (χ2v) is 6.80. The Morgan fingerprint density at radius 1 is 1.20 bits per heavy atom. The average molecular weight is 227 g/mol. The van der Waals surface area contributed by atoms with Gasteiger partial charge in [0, 0.05) is 31.0 Å². The Hall–Kier alpha value is 0.270. The van der Waals surface area contributed by atoms with Crippen molar-refractivity contribution in [1.29, 1.82) is 0 Å². The van der Waals surface area contributed by atoms with Gasteiger partial charge in [-0.2, -0.15) is 11.8 Å². The quantitative estimate of drug-likeness (QED) is 0.733. The molecule has 86 valence electrons. The molecule has 0 aromatic rings. The van der Waals surface area contributed by atoms with Gasteiger partial charge >= 0.3 is 0 Å². The summed E-state index contributed by atoms with van der Waals surface area (Å²) >= 11 is 2.07. The van der Waals surface area contributed by atoms with Crippen molar-refractivity contribution >= 4 is 11.8 Å². The maximum atomic E-state index is 5.95. The first-order valence-corrected chi connectivity index (χ1v) is 7.40. The molecule has 1 aliphatic carbocycles. The molecule has 2 nitrogen and oxygen atoms in total. The van der Waals surface area contributed by atoms with E-state index in [2.05, 4.69) is 22.9 Å². The standard InChI is InChI=1S/C12H21NOS/c1-15-12(5-6-12)10-13-8-11(9-13)4-2-3-7-14-11/h2-10H2,1H3. The SMILES string of the molecule is CSC1(CN2CC3(CCCCO3)C2)CC1. The lowest BCUT2D eigenvalue weighted by Gasteiger charge is -2.52. The Morgan fingerprint density at radius 3 is 2.53 bits per heavy atom. The van der Waals surface area contributed by atoms with E-state index in [9.17, 15) is 0 Å². The number of thioether (sulfide) groups is 1. The first kappa shape index (κ1) is 10.4. The summed E-state index contributed by atoms with van der Waals surface area (Å²) in [5, 5.41) is 0.